The number of piperidine rings is 1. The van der Waals surface area contributed by atoms with E-state index in [0.29, 0.717) is 30.5 Å². The molecule has 4 aliphatic rings. The average Bonchev–Trinajstić information content (AvgIpc) is 2.85. The van der Waals surface area contributed by atoms with Crippen LogP contribution in [0, 0.1) is 11.3 Å². The van der Waals surface area contributed by atoms with Gasteiger partial charge in [0.05, 0.1) is 11.5 Å². The van der Waals surface area contributed by atoms with Crippen LogP contribution in [-0.2, 0) is 9.84 Å². The molecular formula is C19H29N3O2S. The van der Waals surface area contributed by atoms with E-state index in [9.17, 15) is 8.42 Å². The lowest BCUT2D eigenvalue weighted by Gasteiger charge is -2.48. The number of anilines is 2. The minimum atomic E-state index is -2.83. The van der Waals surface area contributed by atoms with Crippen LogP contribution in [-0.4, -0.2) is 58.7 Å². The van der Waals surface area contributed by atoms with Crippen LogP contribution in [0.4, 0.5) is 11.4 Å². The molecule has 1 aromatic carbocycles. The Bertz CT molecular complexity index is 716. The van der Waals surface area contributed by atoms with Crippen molar-refractivity contribution in [1.29, 1.82) is 0 Å². The largest absolute Gasteiger partial charge is 0.369 e. The Kier molecular flexibility index (Phi) is 4.23. The maximum Gasteiger partial charge on any atom is 0.153 e. The molecule has 1 N–H and O–H groups in total. The van der Waals surface area contributed by atoms with Crippen molar-refractivity contribution in [3.63, 3.8) is 0 Å². The highest BCUT2D eigenvalue weighted by Crippen LogP contribution is 2.41. The molecule has 0 aromatic heterocycles. The van der Waals surface area contributed by atoms with Gasteiger partial charge in [-0.25, -0.2) is 8.42 Å². The minimum absolute atomic E-state index is 0.268. The van der Waals surface area contributed by atoms with Crippen LogP contribution >= 0.6 is 0 Å². The second-order valence-electron chi connectivity index (χ2n) is 8.54. The van der Waals surface area contributed by atoms with Crippen LogP contribution in [0.5, 0.6) is 0 Å². The van der Waals surface area contributed by atoms with Crippen LogP contribution in [0.25, 0.3) is 0 Å². The fourth-order valence-electron chi connectivity index (χ4n) is 4.83. The summed E-state index contributed by atoms with van der Waals surface area (Å²) < 4.78 is 23.2. The van der Waals surface area contributed by atoms with Crippen LogP contribution in [0.1, 0.15) is 20.3 Å². The molecule has 1 aromatic rings. The van der Waals surface area contributed by atoms with E-state index in [0.717, 1.165) is 25.3 Å². The lowest BCUT2D eigenvalue weighted by atomic mass is 9.73. The van der Waals surface area contributed by atoms with Crippen LogP contribution in [0.2, 0.25) is 0 Å². The number of rotatable bonds is 2. The summed E-state index contributed by atoms with van der Waals surface area (Å²) in [5.74, 6) is 1.25. The first-order valence-electron chi connectivity index (χ1n) is 9.37. The molecule has 2 bridgehead atoms. The molecule has 0 radical (unpaired) electrons. The van der Waals surface area contributed by atoms with E-state index in [1.807, 2.05) is 0 Å². The Morgan fingerprint density at radius 3 is 2.36 bits per heavy atom. The topological polar surface area (TPSA) is 52.6 Å². The molecule has 0 unspecified atom stereocenters. The van der Waals surface area contributed by atoms with Crippen molar-refractivity contribution in [2.45, 2.75) is 26.3 Å². The van der Waals surface area contributed by atoms with Crippen molar-refractivity contribution in [1.82, 2.24) is 5.32 Å². The third-order valence-electron chi connectivity index (χ3n) is 6.21. The number of nitrogens with one attached hydrogen (secondary N) is 1. The second-order valence-corrected chi connectivity index (χ2v) is 10.8. The van der Waals surface area contributed by atoms with Gasteiger partial charge in [0.2, 0.25) is 0 Å². The number of sulfone groups is 1. The molecule has 4 heterocycles. The maximum atomic E-state index is 11.6. The van der Waals surface area contributed by atoms with E-state index in [1.54, 1.807) is 0 Å². The predicted octanol–water partition coefficient (Wildman–Crippen LogP) is 1.75. The van der Waals surface area contributed by atoms with Crippen molar-refractivity contribution in [3.8, 4) is 0 Å². The van der Waals surface area contributed by atoms with Gasteiger partial charge in [-0.05, 0) is 48.6 Å². The molecule has 4 fully saturated rings. The molecule has 5 nitrogen and oxygen atoms in total. The van der Waals surface area contributed by atoms with Crippen LogP contribution < -0.4 is 15.1 Å². The molecule has 25 heavy (non-hydrogen) atoms. The van der Waals surface area contributed by atoms with E-state index in [2.05, 4.69) is 53.2 Å². The summed E-state index contributed by atoms with van der Waals surface area (Å²) >= 11 is 0. The van der Waals surface area contributed by atoms with E-state index in [-0.39, 0.29) is 11.5 Å². The highest BCUT2D eigenvalue weighted by atomic mass is 32.2. The molecule has 0 saturated carbocycles. The average molecular weight is 364 g/mol. The van der Waals surface area contributed by atoms with Gasteiger partial charge in [0, 0.05) is 43.6 Å². The molecule has 0 aliphatic carbocycles. The Hall–Kier alpha value is -1.27. The van der Waals surface area contributed by atoms with Crippen LogP contribution in [0.15, 0.2) is 24.3 Å². The maximum absolute atomic E-state index is 11.6. The van der Waals surface area contributed by atoms with Crippen molar-refractivity contribution >= 4 is 21.2 Å². The smallest absolute Gasteiger partial charge is 0.153 e. The van der Waals surface area contributed by atoms with E-state index in [4.69, 9.17) is 0 Å². The Morgan fingerprint density at radius 1 is 1.04 bits per heavy atom. The summed E-state index contributed by atoms with van der Waals surface area (Å²) in [4.78, 5) is 4.77. The SMILES string of the molecule is CC1(C)C[C@@H]2CNC[C@H]1N(c1ccc(N3CCS(=O)(=O)CC3)cc1)C2. The second kappa shape index (κ2) is 6.16. The Balaban J connectivity index is 1.52. The lowest BCUT2D eigenvalue weighted by molar-refractivity contribution is 0.192. The molecule has 4 saturated heterocycles. The fraction of sp³-hybridized carbons (Fsp3) is 0.684. The molecule has 6 heteroatoms. The summed E-state index contributed by atoms with van der Waals surface area (Å²) in [5.41, 5.74) is 2.75. The number of fused-ring (bicyclic) bond motifs is 4. The number of benzene rings is 1. The van der Waals surface area contributed by atoms with Gasteiger partial charge in [0.25, 0.3) is 0 Å². The van der Waals surface area contributed by atoms with Crippen molar-refractivity contribution < 1.29 is 8.42 Å². The Morgan fingerprint density at radius 2 is 1.68 bits per heavy atom. The van der Waals surface area contributed by atoms with E-state index >= 15 is 0 Å². The highest BCUT2D eigenvalue weighted by Gasteiger charge is 2.43. The van der Waals surface area contributed by atoms with Gasteiger partial charge in [0.1, 0.15) is 0 Å². The van der Waals surface area contributed by atoms with Gasteiger partial charge in [0.15, 0.2) is 9.84 Å². The molecule has 5 rings (SSSR count). The fourth-order valence-corrected chi connectivity index (χ4v) is 6.03. The first-order chi connectivity index (χ1) is 11.8. The quantitative estimate of drug-likeness (QED) is 0.868. The zero-order chi connectivity index (χ0) is 17.7. The van der Waals surface area contributed by atoms with Crippen molar-refractivity contribution in [2.24, 2.45) is 11.3 Å². The summed E-state index contributed by atoms with van der Waals surface area (Å²) in [5, 5.41) is 3.63. The molecule has 4 aliphatic heterocycles. The zero-order valence-corrected chi connectivity index (χ0v) is 16.1. The third-order valence-corrected chi connectivity index (χ3v) is 7.82. The van der Waals surface area contributed by atoms with Crippen molar-refractivity contribution in [2.75, 3.05) is 54.0 Å². The van der Waals surface area contributed by atoms with Gasteiger partial charge < -0.3 is 15.1 Å². The molecule has 0 amide bonds. The number of hydrogen-bond acceptors (Lipinski definition) is 5. The van der Waals surface area contributed by atoms with Crippen LogP contribution in [0.3, 0.4) is 0 Å². The highest BCUT2D eigenvalue weighted by molar-refractivity contribution is 7.91. The first-order valence-corrected chi connectivity index (χ1v) is 11.2. The molecular weight excluding hydrogens is 334 g/mol. The minimum Gasteiger partial charge on any atom is -0.369 e. The van der Waals surface area contributed by atoms with Gasteiger partial charge in [-0.3, -0.25) is 0 Å². The summed E-state index contributed by atoms with van der Waals surface area (Å²) in [6.45, 7) is 9.30. The molecule has 138 valence electrons. The van der Waals surface area contributed by atoms with E-state index < -0.39 is 9.84 Å². The van der Waals surface area contributed by atoms with E-state index in [1.165, 1.54) is 12.1 Å². The predicted molar refractivity (Wildman–Crippen MR) is 103 cm³/mol. The Labute approximate surface area is 151 Å². The molecule has 2 atom stereocenters. The zero-order valence-electron chi connectivity index (χ0n) is 15.2. The number of hydrogen-bond donors (Lipinski definition) is 1. The normalized spacial score (nSPS) is 31.0. The number of nitrogens with zero attached hydrogens (tertiary/aromatic N) is 2. The van der Waals surface area contributed by atoms with Gasteiger partial charge in [-0.2, -0.15) is 0 Å². The molecule has 0 spiro atoms. The van der Waals surface area contributed by atoms with Gasteiger partial charge in [-0.15, -0.1) is 0 Å². The standard InChI is InChI=1S/C19H29N3O2S/c1-19(2)11-15-12-20-13-18(19)22(14-15)17-5-3-16(4-6-17)21-7-9-25(23,24)10-8-21/h3-6,15,18,20H,7-14H2,1-2H3/t15-,18-/m1/s1. The summed E-state index contributed by atoms with van der Waals surface area (Å²) in [6.07, 6.45) is 1.29. The third kappa shape index (κ3) is 3.38. The van der Waals surface area contributed by atoms with Gasteiger partial charge in [-0.1, -0.05) is 13.8 Å². The first kappa shape index (κ1) is 17.2. The van der Waals surface area contributed by atoms with Gasteiger partial charge >= 0.3 is 0 Å². The lowest BCUT2D eigenvalue weighted by Crippen LogP contribution is -2.53. The monoisotopic (exact) mass is 363 g/mol. The van der Waals surface area contributed by atoms with Crippen molar-refractivity contribution in [3.05, 3.63) is 24.3 Å². The summed E-state index contributed by atoms with van der Waals surface area (Å²) in [6, 6.07) is 9.28. The summed E-state index contributed by atoms with van der Waals surface area (Å²) in [7, 11) is -2.83.